The van der Waals surface area contributed by atoms with Crippen molar-refractivity contribution in [2.75, 3.05) is 16.8 Å². The molecule has 2 heterocycles. The third-order valence-corrected chi connectivity index (χ3v) is 5.95. The number of amides is 2. The molecule has 0 radical (unpaired) electrons. The minimum atomic E-state index is -0.557. The maximum atomic E-state index is 14.4. The number of aryl methyl sites for hydroxylation is 1. The SMILES string of the molecule is Cc1c(C(=O)Nc2ccc(N3CCCC3=O)c(F)c2)sc2ccc(F)cc12. The first-order valence-electron chi connectivity index (χ1n) is 8.54. The van der Waals surface area contributed by atoms with E-state index in [9.17, 15) is 18.4 Å². The average Bonchev–Trinajstić information content (AvgIpc) is 3.19. The summed E-state index contributed by atoms with van der Waals surface area (Å²) in [4.78, 5) is 26.3. The number of fused-ring (bicyclic) bond motifs is 1. The Morgan fingerprint density at radius 2 is 2.00 bits per heavy atom. The second-order valence-electron chi connectivity index (χ2n) is 6.47. The van der Waals surface area contributed by atoms with Gasteiger partial charge in [-0.3, -0.25) is 9.59 Å². The van der Waals surface area contributed by atoms with Crippen LogP contribution in [0.25, 0.3) is 10.1 Å². The Balaban J connectivity index is 1.59. The van der Waals surface area contributed by atoms with Crippen molar-refractivity contribution in [2.45, 2.75) is 19.8 Å². The van der Waals surface area contributed by atoms with Crippen LogP contribution in [0, 0.1) is 18.6 Å². The number of benzene rings is 2. The molecule has 1 aromatic heterocycles. The van der Waals surface area contributed by atoms with Crippen LogP contribution in [0.5, 0.6) is 0 Å². The highest BCUT2D eigenvalue weighted by molar-refractivity contribution is 7.21. The van der Waals surface area contributed by atoms with E-state index in [2.05, 4.69) is 5.32 Å². The number of nitrogens with one attached hydrogen (secondary N) is 1. The Hall–Kier alpha value is -2.80. The van der Waals surface area contributed by atoms with Gasteiger partial charge in [-0.25, -0.2) is 8.78 Å². The van der Waals surface area contributed by atoms with Gasteiger partial charge < -0.3 is 10.2 Å². The summed E-state index contributed by atoms with van der Waals surface area (Å²) in [6.45, 7) is 2.26. The second-order valence-corrected chi connectivity index (χ2v) is 7.52. The van der Waals surface area contributed by atoms with Gasteiger partial charge in [-0.2, -0.15) is 0 Å². The van der Waals surface area contributed by atoms with Gasteiger partial charge >= 0.3 is 0 Å². The first-order chi connectivity index (χ1) is 12.9. The van der Waals surface area contributed by atoms with Crippen molar-refractivity contribution in [1.82, 2.24) is 0 Å². The summed E-state index contributed by atoms with van der Waals surface area (Å²) in [7, 11) is 0. The zero-order valence-corrected chi connectivity index (χ0v) is 15.3. The summed E-state index contributed by atoms with van der Waals surface area (Å²) in [5.41, 5.74) is 1.21. The second kappa shape index (κ2) is 6.74. The molecule has 0 unspecified atom stereocenters. The fourth-order valence-corrected chi connectivity index (χ4v) is 4.39. The Bertz CT molecular complexity index is 1080. The molecule has 2 aromatic carbocycles. The quantitative estimate of drug-likeness (QED) is 0.698. The van der Waals surface area contributed by atoms with Crippen LogP contribution in [0.4, 0.5) is 20.2 Å². The summed E-state index contributed by atoms with van der Waals surface area (Å²) in [6, 6.07) is 8.68. The molecule has 0 spiro atoms. The van der Waals surface area contributed by atoms with Crippen molar-refractivity contribution >= 4 is 44.6 Å². The number of anilines is 2. The molecule has 4 rings (SSSR count). The minimum absolute atomic E-state index is 0.0983. The number of carbonyl (C=O) groups is 2. The summed E-state index contributed by atoms with van der Waals surface area (Å²) < 4.78 is 28.7. The Morgan fingerprint density at radius 3 is 2.70 bits per heavy atom. The van der Waals surface area contributed by atoms with E-state index in [0.29, 0.717) is 40.9 Å². The van der Waals surface area contributed by atoms with Gasteiger partial charge in [0.05, 0.1) is 10.6 Å². The van der Waals surface area contributed by atoms with Crippen molar-refractivity contribution in [1.29, 1.82) is 0 Å². The van der Waals surface area contributed by atoms with Crippen molar-refractivity contribution in [2.24, 2.45) is 0 Å². The molecule has 2 amide bonds. The lowest BCUT2D eigenvalue weighted by molar-refractivity contribution is -0.117. The number of carbonyl (C=O) groups excluding carboxylic acids is 2. The van der Waals surface area contributed by atoms with E-state index >= 15 is 0 Å². The van der Waals surface area contributed by atoms with Crippen LogP contribution in [0.2, 0.25) is 0 Å². The normalized spacial score (nSPS) is 14.2. The van der Waals surface area contributed by atoms with Crippen LogP contribution in [-0.2, 0) is 4.79 Å². The third-order valence-electron chi connectivity index (χ3n) is 4.67. The number of nitrogens with zero attached hydrogens (tertiary/aromatic N) is 1. The molecule has 1 N–H and O–H groups in total. The number of hydrogen-bond donors (Lipinski definition) is 1. The van der Waals surface area contributed by atoms with Crippen LogP contribution < -0.4 is 10.2 Å². The zero-order chi connectivity index (χ0) is 19.1. The fourth-order valence-electron chi connectivity index (χ4n) is 3.30. The van der Waals surface area contributed by atoms with Crippen LogP contribution in [0.3, 0.4) is 0 Å². The van der Waals surface area contributed by atoms with E-state index in [0.717, 1.165) is 4.70 Å². The van der Waals surface area contributed by atoms with E-state index in [1.807, 2.05) is 0 Å². The van der Waals surface area contributed by atoms with E-state index < -0.39 is 5.82 Å². The molecule has 0 atom stereocenters. The molecule has 27 heavy (non-hydrogen) atoms. The van der Waals surface area contributed by atoms with Gasteiger partial charge in [0.15, 0.2) is 0 Å². The van der Waals surface area contributed by atoms with Gasteiger partial charge in [-0.05, 0) is 60.7 Å². The molecular formula is C20H16F2N2O2S. The molecular weight excluding hydrogens is 370 g/mol. The molecule has 0 saturated carbocycles. The fraction of sp³-hybridized carbons (Fsp3) is 0.200. The molecule has 1 aliphatic rings. The Labute approximate surface area is 158 Å². The molecule has 1 aliphatic heterocycles. The van der Waals surface area contributed by atoms with Crippen LogP contribution in [0.1, 0.15) is 28.1 Å². The van der Waals surface area contributed by atoms with Crippen LogP contribution >= 0.6 is 11.3 Å². The lowest BCUT2D eigenvalue weighted by Gasteiger charge is -2.17. The standard InChI is InChI=1S/C20H16F2N2O2S/c1-11-14-9-12(21)4-7-17(14)27-19(11)20(26)23-13-5-6-16(15(22)10-13)24-8-2-3-18(24)25/h4-7,9-10H,2-3,8H2,1H3,(H,23,26). The predicted molar refractivity (Wildman–Crippen MR) is 102 cm³/mol. The number of hydrogen-bond acceptors (Lipinski definition) is 3. The lowest BCUT2D eigenvalue weighted by Crippen LogP contribution is -2.24. The van der Waals surface area contributed by atoms with Crippen LogP contribution in [0.15, 0.2) is 36.4 Å². The monoisotopic (exact) mass is 386 g/mol. The van der Waals surface area contributed by atoms with Crippen molar-refractivity contribution in [3.63, 3.8) is 0 Å². The largest absolute Gasteiger partial charge is 0.321 e. The van der Waals surface area contributed by atoms with Gasteiger partial charge in [0.1, 0.15) is 11.6 Å². The van der Waals surface area contributed by atoms with Gasteiger partial charge in [-0.15, -0.1) is 11.3 Å². The van der Waals surface area contributed by atoms with Crippen molar-refractivity contribution in [3.8, 4) is 0 Å². The van der Waals surface area contributed by atoms with Gasteiger partial charge in [0.25, 0.3) is 5.91 Å². The number of halogens is 2. The molecule has 138 valence electrons. The first kappa shape index (κ1) is 17.6. The summed E-state index contributed by atoms with van der Waals surface area (Å²) >= 11 is 1.26. The summed E-state index contributed by atoms with van der Waals surface area (Å²) in [5, 5.41) is 3.37. The van der Waals surface area contributed by atoms with Gasteiger partial charge in [0.2, 0.25) is 5.91 Å². The van der Waals surface area contributed by atoms with E-state index in [1.54, 1.807) is 19.1 Å². The zero-order valence-electron chi connectivity index (χ0n) is 14.5. The third kappa shape index (κ3) is 3.19. The van der Waals surface area contributed by atoms with E-state index in [1.165, 1.54) is 40.5 Å². The van der Waals surface area contributed by atoms with Crippen molar-refractivity contribution in [3.05, 3.63) is 58.5 Å². The molecule has 1 saturated heterocycles. The molecule has 0 aliphatic carbocycles. The summed E-state index contributed by atoms with van der Waals surface area (Å²) in [6.07, 6.45) is 1.13. The van der Waals surface area contributed by atoms with Gasteiger partial charge in [-0.1, -0.05) is 0 Å². The smallest absolute Gasteiger partial charge is 0.266 e. The molecule has 4 nitrogen and oxygen atoms in total. The lowest BCUT2D eigenvalue weighted by atomic mass is 10.1. The molecule has 3 aromatic rings. The van der Waals surface area contributed by atoms with E-state index in [-0.39, 0.29) is 23.3 Å². The number of thiophene rings is 1. The minimum Gasteiger partial charge on any atom is -0.321 e. The predicted octanol–water partition coefficient (Wildman–Crippen LogP) is 4.87. The highest BCUT2D eigenvalue weighted by atomic mass is 32.1. The first-order valence-corrected chi connectivity index (χ1v) is 9.35. The highest BCUT2D eigenvalue weighted by Gasteiger charge is 2.24. The molecule has 7 heteroatoms. The Kier molecular flexibility index (Phi) is 4.39. The summed E-state index contributed by atoms with van der Waals surface area (Å²) in [5.74, 6) is -1.39. The Morgan fingerprint density at radius 1 is 1.19 bits per heavy atom. The topological polar surface area (TPSA) is 49.4 Å². The average molecular weight is 386 g/mol. The maximum absolute atomic E-state index is 14.4. The van der Waals surface area contributed by atoms with Gasteiger partial charge in [0, 0.05) is 23.4 Å². The van der Waals surface area contributed by atoms with Crippen molar-refractivity contribution < 1.29 is 18.4 Å². The molecule has 0 bridgehead atoms. The molecule has 1 fully saturated rings. The van der Waals surface area contributed by atoms with E-state index in [4.69, 9.17) is 0 Å². The maximum Gasteiger partial charge on any atom is 0.266 e. The van der Waals surface area contributed by atoms with Crippen LogP contribution in [-0.4, -0.2) is 18.4 Å². The number of rotatable bonds is 3. The highest BCUT2D eigenvalue weighted by Crippen LogP contribution is 2.32.